The van der Waals surface area contributed by atoms with Crippen molar-refractivity contribution < 1.29 is 9.15 Å². The maximum Gasteiger partial charge on any atom is 0.346 e. The molecule has 4 aromatic rings. The van der Waals surface area contributed by atoms with E-state index < -0.39 is 5.63 Å². The fourth-order valence-corrected chi connectivity index (χ4v) is 3.48. The van der Waals surface area contributed by atoms with E-state index in [1.807, 2.05) is 30.3 Å². The highest BCUT2D eigenvalue weighted by Gasteiger charge is 2.15. The van der Waals surface area contributed by atoms with Gasteiger partial charge in [-0.2, -0.15) is 0 Å². The van der Waals surface area contributed by atoms with Crippen LogP contribution in [0.4, 0.5) is 10.8 Å². The van der Waals surface area contributed by atoms with Gasteiger partial charge in [0.1, 0.15) is 5.75 Å². The van der Waals surface area contributed by atoms with Gasteiger partial charge in [0.05, 0.1) is 23.4 Å². The van der Waals surface area contributed by atoms with Crippen LogP contribution in [0.3, 0.4) is 0 Å². The number of benzene rings is 2. The van der Waals surface area contributed by atoms with Gasteiger partial charge in [0.2, 0.25) is 5.13 Å². The van der Waals surface area contributed by atoms with Crippen molar-refractivity contribution in [2.45, 2.75) is 0 Å². The molecule has 0 amide bonds. The van der Waals surface area contributed by atoms with Gasteiger partial charge < -0.3 is 14.5 Å². The number of hydrogen-bond donors (Lipinski definition) is 1. The van der Waals surface area contributed by atoms with Crippen molar-refractivity contribution in [2.75, 3.05) is 12.4 Å². The molecule has 0 saturated carbocycles. The van der Waals surface area contributed by atoms with E-state index in [2.05, 4.69) is 15.5 Å². The van der Waals surface area contributed by atoms with Crippen molar-refractivity contribution in [2.24, 2.45) is 0 Å². The minimum atomic E-state index is -0.509. The summed E-state index contributed by atoms with van der Waals surface area (Å²) in [6, 6.07) is 14.5. The van der Waals surface area contributed by atoms with Crippen molar-refractivity contribution in [3.05, 3.63) is 64.0 Å². The zero-order valence-electron chi connectivity index (χ0n) is 13.5. The molecule has 0 fully saturated rings. The highest BCUT2D eigenvalue weighted by atomic mass is 35.5. The second-order valence-electron chi connectivity index (χ2n) is 5.34. The second kappa shape index (κ2) is 6.78. The molecular formula is C18H12ClN3O3S. The predicted octanol–water partition coefficient (Wildman–Crippen LogP) is 4.72. The van der Waals surface area contributed by atoms with Gasteiger partial charge >= 0.3 is 5.63 Å². The molecule has 0 aliphatic heterocycles. The Balaban J connectivity index is 1.71. The number of fused-ring (bicyclic) bond motifs is 1. The Labute approximate surface area is 157 Å². The fourth-order valence-electron chi connectivity index (χ4n) is 2.50. The van der Waals surface area contributed by atoms with E-state index in [-0.39, 0.29) is 0 Å². The number of nitrogens with zero attached hydrogens (tertiary/aromatic N) is 2. The molecule has 26 heavy (non-hydrogen) atoms. The Morgan fingerprint density at radius 1 is 1.15 bits per heavy atom. The monoisotopic (exact) mass is 385 g/mol. The molecule has 0 bridgehead atoms. The summed E-state index contributed by atoms with van der Waals surface area (Å²) in [5, 5.41) is 13.5. The Bertz CT molecular complexity index is 1160. The number of rotatable bonds is 4. The molecule has 4 rings (SSSR count). The standard InChI is InChI=1S/C18H12ClN3O3S/c1-24-14-8-3-2-7-13(14)20-18-22-21-16(26-18)11-9-10-5-4-6-12(19)15(10)25-17(11)23/h2-9H,1H3,(H,20,22). The molecule has 2 aromatic heterocycles. The van der Waals surface area contributed by atoms with E-state index in [9.17, 15) is 4.79 Å². The first-order chi connectivity index (χ1) is 12.7. The Morgan fingerprint density at radius 3 is 2.85 bits per heavy atom. The van der Waals surface area contributed by atoms with Crippen LogP contribution in [0.1, 0.15) is 0 Å². The zero-order valence-corrected chi connectivity index (χ0v) is 15.1. The van der Waals surface area contributed by atoms with Gasteiger partial charge in [-0.1, -0.05) is 47.2 Å². The Kier molecular flexibility index (Phi) is 4.32. The van der Waals surface area contributed by atoms with Crippen molar-refractivity contribution in [3.63, 3.8) is 0 Å². The summed E-state index contributed by atoms with van der Waals surface area (Å²) in [7, 11) is 1.59. The molecule has 0 unspecified atom stereocenters. The molecular weight excluding hydrogens is 374 g/mol. The highest BCUT2D eigenvalue weighted by Crippen LogP contribution is 2.32. The highest BCUT2D eigenvalue weighted by molar-refractivity contribution is 7.18. The minimum Gasteiger partial charge on any atom is -0.495 e. The van der Waals surface area contributed by atoms with Gasteiger partial charge in [-0.15, -0.1) is 10.2 Å². The summed E-state index contributed by atoms with van der Waals surface area (Å²) in [6.45, 7) is 0. The molecule has 8 heteroatoms. The van der Waals surface area contributed by atoms with Crippen LogP contribution < -0.4 is 15.7 Å². The number of methoxy groups -OCH3 is 1. The largest absolute Gasteiger partial charge is 0.495 e. The van der Waals surface area contributed by atoms with Crippen LogP contribution in [-0.2, 0) is 0 Å². The van der Waals surface area contributed by atoms with Crippen LogP contribution >= 0.6 is 22.9 Å². The molecule has 0 aliphatic carbocycles. The normalized spacial score (nSPS) is 10.8. The third-order valence-corrected chi connectivity index (χ3v) is 4.89. The van der Waals surface area contributed by atoms with E-state index in [0.29, 0.717) is 32.1 Å². The van der Waals surface area contributed by atoms with Gasteiger partial charge in [0.25, 0.3) is 0 Å². The van der Waals surface area contributed by atoms with Gasteiger partial charge in [0.15, 0.2) is 10.6 Å². The third-order valence-electron chi connectivity index (χ3n) is 3.72. The molecule has 2 heterocycles. The Hall–Kier alpha value is -2.90. The van der Waals surface area contributed by atoms with Crippen molar-refractivity contribution in [3.8, 4) is 16.3 Å². The summed E-state index contributed by atoms with van der Waals surface area (Å²) >= 11 is 7.32. The third kappa shape index (κ3) is 3.02. The van der Waals surface area contributed by atoms with Crippen LogP contribution in [0, 0.1) is 0 Å². The maximum atomic E-state index is 12.3. The number of ether oxygens (including phenoxy) is 1. The van der Waals surface area contributed by atoms with E-state index >= 15 is 0 Å². The first-order valence-corrected chi connectivity index (χ1v) is 8.81. The average Bonchev–Trinajstić information content (AvgIpc) is 3.11. The Morgan fingerprint density at radius 2 is 2.00 bits per heavy atom. The number of hydrogen-bond acceptors (Lipinski definition) is 7. The molecule has 0 aliphatic rings. The minimum absolute atomic E-state index is 0.338. The van der Waals surface area contributed by atoms with E-state index in [1.165, 1.54) is 11.3 Å². The SMILES string of the molecule is COc1ccccc1Nc1nnc(-c2cc3cccc(Cl)c3oc2=O)s1. The van der Waals surface area contributed by atoms with E-state index in [1.54, 1.807) is 25.3 Å². The average molecular weight is 386 g/mol. The van der Waals surface area contributed by atoms with Gasteiger partial charge in [-0.3, -0.25) is 0 Å². The van der Waals surface area contributed by atoms with Gasteiger partial charge in [0, 0.05) is 5.39 Å². The lowest BCUT2D eigenvalue weighted by atomic mass is 10.2. The van der Waals surface area contributed by atoms with Crippen LogP contribution in [0.2, 0.25) is 5.02 Å². The summed E-state index contributed by atoms with van der Waals surface area (Å²) < 4.78 is 10.7. The number of aromatic nitrogens is 2. The van der Waals surface area contributed by atoms with Crippen LogP contribution in [0.25, 0.3) is 21.5 Å². The molecule has 6 nitrogen and oxygen atoms in total. The number of halogens is 1. The van der Waals surface area contributed by atoms with Crippen molar-refractivity contribution in [1.29, 1.82) is 0 Å². The second-order valence-corrected chi connectivity index (χ2v) is 6.73. The predicted molar refractivity (Wildman–Crippen MR) is 103 cm³/mol. The number of anilines is 2. The summed E-state index contributed by atoms with van der Waals surface area (Å²) in [6.07, 6.45) is 0. The molecule has 0 radical (unpaired) electrons. The smallest absolute Gasteiger partial charge is 0.346 e. The topological polar surface area (TPSA) is 77.2 Å². The molecule has 1 N–H and O–H groups in total. The van der Waals surface area contributed by atoms with Crippen LogP contribution in [0.5, 0.6) is 5.75 Å². The fraction of sp³-hybridized carbons (Fsp3) is 0.0556. The number of para-hydroxylation sites is 3. The molecule has 0 spiro atoms. The lowest BCUT2D eigenvalue weighted by Crippen LogP contribution is -2.02. The van der Waals surface area contributed by atoms with E-state index in [0.717, 1.165) is 11.1 Å². The van der Waals surface area contributed by atoms with E-state index in [4.69, 9.17) is 20.8 Å². The summed E-state index contributed by atoms with van der Waals surface area (Å²) in [5.74, 6) is 0.684. The molecule has 130 valence electrons. The van der Waals surface area contributed by atoms with Gasteiger partial charge in [-0.25, -0.2) is 4.79 Å². The molecule has 2 aromatic carbocycles. The van der Waals surface area contributed by atoms with Crippen molar-refractivity contribution >= 4 is 44.7 Å². The summed E-state index contributed by atoms with van der Waals surface area (Å²) in [5.41, 5.74) is 0.950. The quantitative estimate of drug-likeness (QED) is 0.512. The molecule has 0 saturated heterocycles. The maximum absolute atomic E-state index is 12.3. The van der Waals surface area contributed by atoms with Gasteiger partial charge in [-0.05, 0) is 24.3 Å². The first kappa shape index (κ1) is 16.6. The first-order valence-electron chi connectivity index (χ1n) is 7.62. The lowest BCUT2D eigenvalue weighted by molar-refractivity contribution is 0.417. The number of nitrogens with one attached hydrogen (secondary N) is 1. The summed E-state index contributed by atoms with van der Waals surface area (Å²) in [4.78, 5) is 12.3. The lowest BCUT2D eigenvalue weighted by Gasteiger charge is -2.07. The molecule has 0 atom stereocenters. The van der Waals surface area contributed by atoms with Crippen molar-refractivity contribution in [1.82, 2.24) is 10.2 Å². The van der Waals surface area contributed by atoms with Crippen LogP contribution in [0.15, 0.2) is 57.7 Å². The van der Waals surface area contributed by atoms with Crippen LogP contribution in [-0.4, -0.2) is 17.3 Å². The zero-order chi connectivity index (χ0) is 18.1.